The summed E-state index contributed by atoms with van der Waals surface area (Å²) in [6, 6.07) is 0. The zero-order valence-electron chi connectivity index (χ0n) is 7.12. The van der Waals surface area contributed by atoms with Crippen molar-refractivity contribution in [1.29, 1.82) is 0 Å². The number of sulfonamides is 1. The number of nitrogens with one attached hydrogen (secondary N) is 1. The summed E-state index contributed by atoms with van der Waals surface area (Å²) in [4.78, 5) is 11.2. The standard InChI is InChI=1S/C7H12N2O3S/c8-13(11,12)4-7-2-1-5(3-7)6(10)9-7/h5H,1-4H2,(H,9,10)(H2,8,11,12). The van der Waals surface area contributed by atoms with Crippen LogP contribution in [0, 0.1) is 5.92 Å². The monoisotopic (exact) mass is 204 g/mol. The summed E-state index contributed by atoms with van der Waals surface area (Å²) in [7, 11) is -3.49. The van der Waals surface area contributed by atoms with Crippen molar-refractivity contribution in [2.24, 2.45) is 11.1 Å². The molecule has 2 rings (SSSR count). The van der Waals surface area contributed by atoms with Gasteiger partial charge in [0, 0.05) is 5.92 Å². The van der Waals surface area contributed by atoms with E-state index in [-0.39, 0.29) is 17.6 Å². The average molecular weight is 204 g/mol. The fourth-order valence-electron chi connectivity index (χ4n) is 2.38. The van der Waals surface area contributed by atoms with Crippen molar-refractivity contribution in [3.05, 3.63) is 0 Å². The van der Waals surface area contributed by atoms with Crippen molar-refractivity contribution in [3.8, 4) is 0 Å². The molecule has 1 aliphatic heterocycles. The molecular weight excluding hydrogens is 192 g/mol. The summed E-state index contributed by atoms with van der Waals surface area (Å²) in [6.07, 6.45) is 2.16. The van der Waals surface area contributed by atoms with Crippen LogP contribution in [-0.2, 0) is 14.8 Å². The maximum atomic E-state index is 11.2. The van der Waals surface area contributed by atoms with E-state index in [0.717, 1.165) is 12.8 Å². The topological polar surface area (TPSA) is 89.3 Å². The van der Waals surface area contributed by atoms with Gasteiger partial charge in [-0.05, 0) is 19.3 Å². The second kappa shape index (κ2) is 2.45. The zero-order chi connectivity index (χ0) is 9.69. The fraction of sp³-hybridized carbons (Fsp3) is 0.857. The highest BCUT2D eigenvalue weighted by Crippen LogP contribution is 2.40. The van der Waals surface area contributed by atoms with Crippen LogP contribution in [0.15, 0.2) is 0 Å². The normalized spacial score (nSPS) is 37.9. The van der Waals surface area contributed by atoms with Crippen molar-refractivity contribution < 1.29 is 13.2 Å². The first kappa shape index (κ1) is 8.96. The van der Waals surface area contributed by atoms with E-state index in [0.29, 0.717) is 6.42 Å². The second-order valence-electron chi connectivity index (χ2n) is 4.02. The van der Waals surface area contributed by atoms with Crippen LogP contribution in [0.4, 0.5) is 0 Å². The number of fused-ring (bicyclic) bond motifs is 2. The van der Waals surface area contributed by atoms with Crippen LogP contribution in [-0.4, -0.2) is 25.6 Å². The van der Waals surface area contributed by atoms with Gasteiger partial charge in [0.05, 0.1) is 11.3 Å². The number of hydrogen-bond donors (Lipinski definition) is 2. The first-order valence-corrected chi connectivity index (χ1v) is 5.94. The quantitative estimate of drug-likeness (QED) is 0.601. The summed E-state index contributed by atoms with van der Waals surface area (Å²) in [6.45, 7) is 0. The van der Waals surface area contributed by atoms with Gasteiger partial charge in [-0.15, -0.1) is 0 Å². The number of piperidine rings is 1. The fourth-order valence-corrected chi connectivity index (χ4v) is 3.48. The number of carbonyl (C=O) groups excluding carboxylic acids is 1. The number of primary sulfonamides is 1. The van der Waals surface area contributed by atoms with Gasteiger partial charge in [-0.1, -0.05) is 0 Å². The highest BCUT2D eigenvalue weighted by Gasteiger charge is 2.51. The lowest BCUT2D eigenvalue weighted by Crippen LogP contribution is -2.49. The van der Waals surface area contributed by atoms with Gasteiger partial charge in [0.2, 0.25) is 15.9 Å². The van der Waals surface area contributed by atoms with Crippen molar-refractivity contribution in [2.75, 3.05) is 5.75 Å². The van der Waals surface area contributed by atoms with E-state index >= 15 is 0 Å². The minimum absolute atomic E-state index is 0.0155. The Bertz CT molecular complexity index is 351. The molecule has 2 aliphatic rings. The Morgan fingerprint density at radius 3 is 2.69 bits per heavy atom. The highest BCUT2D eigenvalue weighted by molar-refractivity contribution is 7.89. The molecule has 2 fully saturated rings. The Kier molecular flexibility index (Phi) is 1.69. The molecule has 5 nitrogen and oxygen atoms in total. The third-order valence-corrected chi connectivity index (χ3v) is 3.80. The van der Waals surface area contributed by atoms with Crippen molar-refractivity contribution in [1.82, 2.24) is 5.32 Å². The third kappa shape index (κ3) is 1.55. The van der Waals surface area contributed by atoms with Crippen molar-refractivity contribution in [2.45, 2.75) is 24.8 Å². The molecule has 1 saturated carbocycles. The predicted octanol–water partition coefficient (Wildman–Crippen LogP) is -1.06. The van der Waals surface area contributed by atoms with Crippen LogP contribution >= 0.6 is 0 Å². The van der Waals surface area contributed by atoms with Crippen molar-refractivity contribution in [3.63, 3.8) is 0 Å². The van der Waals surface area contributed by atoms with E-state index < -0.39 is 15.6 Å². The smallest absolute Gasteiger partial charge is 0.223 e. The number of amides is 1. The lowest BCUT2D eigenvalue weighted by atomic mass is 10.0. The first-order valence-electron chi connectivity index (χ1n) is 4.23. The Morgan fingerprint density at radius 1 is 1.62 bits per heavy atom. The minimum atomic E-state index is -3.49. The Morgan fingerprint density at radius 2 is 2.31 bits per heavy atom. The van der Waals surface area contributed by atoms with Crippen LogP contribution in [0.25, 0.3) is 0 Å². The van der Waals surface area contributed by atoms with E-state index in [1.54, 1.807) is 0 Å². The molecule has 3 N–H and O–H groups in total. The van der Waals surface area contributed by atoms with Gasteiger partial charge in [0.15, 0.2) is 0 Å². The molecule has 0 aromatic carbocycles. The largest absolute Gasteiger partial charge is 0.349 e. The lowest BCUT2D eigenvalue weighted by molar-refractivity contribution is -0.124. The van der Waals surface area contributed by atoms with E-state index in [9.17, 15) is 13.2 Å². The first-order chi connectivity index (χ1) is 5.90. The van der Waals surface area contributed by atoms with Crippen LogP contribution in [0.2, 0.25) is 0 Å². The van der Waals surface area contributed by atoms with Gasteiger partial charge in [0.25, 0.3) is 0 Å². The average Bonchev–Trinajstić information content (AvgIpc) is 2.38. The Labute approximate surface area is 76.7 Å². The number of nitrogens with two attached hydrogens (primary N) is 1. The molecule has 0 radical (unpaired) electrons. The molecule has 74 valence electrons. The third-order valence-electron chi connectivity index (χ3n) is 2.85. The maximum Gasteiger partial charge on any atom is 0.223 e. The molecule has 2 bridgehead atoms. The van der Waals surface area contributed by atoms with Gasteiger partial charge in [-0.25, -0.2) is 13.6 Å². The minimum Gasteiger partial charge on any atom is -0.349 e. The van der Waals surface area contributed by atoms with Crippen LogP contribution in [0.3, 0.4) is 0 Å². The van der Waals surface area contributed by atoms with Gasteiger partial charge in [0.1, 0.15) is 0 Å². The molecule has 6 heteroatoms. The number of rotatable bonds is 2. The van der Waals surface area contributed by atoms with E-state index in [1.165, 1.54) is 0 Å². The molecule has 13 heavy (non-hydrogen) atoms. The molecule has 2 unspecified atom stereocenters. The Hall–Kier alpha value is -0.620. The zero-order valence-corrected chi connectivity index (χ0v) is 7.93. The molecule has 2 atom stereocenters. The van der Waals surface area contributed by atoms with Gasteiger partial charge in [-0.3, -0.25) is 4.79 Å². The van der Waals surface area contributed by atoms with E-state index in [2.05, 4.69) is 5.32 Å². The number of carbonyl (C=O) groups is 1. The summed E-state index contributed by atoms with van der Waals surface area (Å²) in [5, 5.41) is 7.69. The van der Waals surface area contributed by atoms with Gasteiger partial charge >= 0.3 is 0 Å². The Balaban J connectivity index is 2.19. The lowest BCUT2D eigenvalue weighted by Gasteiger charge is -2.25. The molecule has 1 saturated heterocycles. The molecule has 0 aromatic rings. The van der Waals surface area contributed by atoms with Gasteiger partial charge < -0.3 is 5.32 Å². The van der Waals surface area contributed by atoms with Crippen LogP contribution in [0.1, 0.15) is 19.3 Å². The van der Waals surface area contributed by atoms with Crippen LogP contribution in [0.5, 0.6) is 0 Å². The summed E-state index contributed by atoms with van der Waals surface area (Å²) >= 11 is 0. The SMILES string of the molecule is NS(=O)(=O)CC12CCC(C1)C(=O)N2. The number of hydrogen-bond acceptors (Lipinski definition) is 3. The predicted molar refractivity (Wildman–Crippen MR) is 46.2 cm³/mol. The summed E-state index contributed by atoms with van der Waals surface area (Å²) < 4.78 is 21.8. The van der Waals surface area contributed by atoms with E-state index in [4.69, 9.17) is 5.14 Å². The van der Waals surface area contributed by atoms with Crippen molar-refractivity contribution >= 4 is 15.9 Å². The van der Waals surface area contributed by atoms with Gasteiger partial charge in [-0.2, -0.15) is 0 Å². The second-order valence-corrected chi connectivity index (χ2v) is 5.63. The molecular formula is C7H12N2O3S. The highest BCUT2D eigenvalue weighted by atomic mass is 32.2. The van der Waals surface area contributed by atoms with E-state index in [1.807, 2.05) is 0 Å². The molecule has 0 spiro atoms. The summed E-state index contributed by atoms with van der Waals surface area (Å²) in [5.41, 5.74) is -0.546. The van der Waals surface area contributed by atoms with Crippen LogP contribution < -0.4 is 10.5 Å². The molecule has 1 aliphatic carbocycles. The maximum absolute atomic E-state index is 11.2. The molecule has 0 aromatic heterocycles. The molecule has 1 heterocycles. The molecule has 1 amide bonds. The summed E-state index contributed by atoms with van der Waals surface area (Å²) in [5.74, 6) is -0.126.